The van der Waals surface area contributed by atoms with Crippen molar-refractivity contribution in [2.75, 3.05) is 13.2 Å². The van der Waals surface area contributed by atoms with Gasteiger partial charge in [0.2, 0.25) is 0 Å². The maximum Gasteiger partial charge on any atom is 0.490 e. The van der Waals surface area contributed by atoms with E-state index in [0.29, 0.717) is 0 Å². The van der Waals surface area contributed by atoms with Crippen molar-refractivity contribution in [2.24, 2.45) is 5.73 Å². The summed E-state index contributed by atoms with van der Waals surface area (Å²) < 4.78 is 51.1. The Hall–Kier alpha value is -1.33. The van der Waals surface area contributed by atoms with E-state index in [1.165, 1.54) is 12.2 Å². The Balaban J connectivity index is 2.15. The molecule has 1 aromatic heterocycles. The van der Waals surface area contributed by atoms with E-state index in [1.54, 1.807) is 0 Å². The fourth-order valence-electron chi connectivity index (χ4n) is 2.57. The van der Waals surface area contributed by atoms with Crippen molar-refractivity contribution >= 4 is 29.5 Å². The van der Waals surface area contributed by atoms with E-state index in [2.05, 4.69) is 13.1 Å². The summed E-state index contributed by atoms with van der Waals surface area (Å²) >= 11 is 0. The lowest BCUT2D eigenvalue weighted by molar-refractivity contribution is -0.0542. The number of nitrogens with zero attached hydrogens (tertiary/aromatic N) is 1. The van der Waals surface area contributed by atoms with Crippen LogP contribution in [0.1, 0.15) is 11.8 Å². The molecule has 9 N–H and O–H groups in total. The minimum Gasteiger partial charge on any atom is -0.387 e. The first-order valence-electron chi connectivity index (χ1n) is 8.57. The van der Waals surface area contributed by atoms with Crippen LogP contribution in [0.25, 0.3) is 6.08 Å². The fraction of sp³-hybridized carbons (Fsp3) is 0.500. The molecule has 188 valence electrons. The van der Waals surface area contributed by atoms with Crippen LogP contribution in [0.15, 0.2) is 21.9 Å². The SMILES string of the molecule is NC/C=C/c1cn([C@@H]2O[C@H](COP(=O)(O)OP(=O)(O)OP(=O)(O)O)[C@H](O)[C@@H]2O)c(=O)[nH]c1=O. The Morgan fingerprint density at radius 2 is 1.73 bits per heavy atom. The molecule has 0 saturated carbocycles. The fourth-order valence-corrected chi connectivity index (χ4v) is 5.60. The number of ether oxygens (including phenoxy) is 1. The second kappa shape index (κ2) is 10.5. The van der Waals surface area contributed by atoms with Gasteiger partial charge < -0.3 is 40.3 Å². The summed E-state index contributed by atoms with van der Waals surface area (Å²) in [4.78, 5) is 61.4. The second-order valence-electron chi connectivity index (χ2n) is 6.32. The average molecular weight is 539 g/mol. The van der Waals surface area contributed by atoms with Crippen LogP contribution in [0.2, 0.25) is 0 Å². The molecule has 6 atom stereocenters. The molecule has 33 heavy (non-hydrogen) atoms. The van der Waals surface area contributed by atoms with Crippen molar-refractivity contribution in [1.82, 2.24) is 9.55 Å². The van der Waals surface area contributed by atoms with Gasteiger partial charge in [-0.3, -0.25) is 18.9 Å². The zero-order chi connectivity index (χ0) is 25.2. The van der Waals surface area contributed by atoms with Crippen molar-refractivity contribution in [2.45, 2.75) is 24.5 Å². The Labute approximate surface area is 183 Å². The number of phosphoric ester groups is 1. The number of phosphoric acid groups is 3. The molecule has 0 radical (unpaired) electrons. The van der Waals surface area contributed by atoms with Crippen LogP contribution in [0.5, 0.6) is 0 Å². The molecular formula is C12H20N3O15P3. The first-order chi connectivity index (χ1) is 15.1. The van der Waals surface area contributed by atoms with Gasteiger partial charge in [0.1, 0.15) is 18.3 Å². The number of hydrogen-bond acceptors (Lipinski definition) is 12. The highest BCUT2D eigenvalue weighted by Crippen LogP contribution is 2.66. The first-order valence-corrected chi connectivity index (χ1v) is 13.1. The number of aromatic nitrogens is 2. The zero-order valence-corrected chi connectivity index (χ0v) is 18.9. The van der Waals surface area contributed by atoms with E-state index in [0.717, 1.165) is 10.8 Å². The quantitative estimate of drug-likeness (QED) is 0.142. The molecule has 18 nitrogen and oxygen atoms in total. The van der Waals surface area contributed by atoms with Gasteiger partial charge in [-0.05, 0) is 0 Å². The third-order valence-electron chi connectivity index (χ3n) is 3.86. The molecule has 1 aliphatic rings. The highest BCUT2D eigenvalue weighted by molar-refractivity contribution is 7.66. The Bertz CT molecular complexity index is 1140. The number of aromatic amines is 1. The molecule has 1 saturated heterocycles. The average Bonchev–Trinajstić information content (AvgIpc) is 2.91. The topological polar surface area (TPSA) is 290 Å². The molecule has 1 aliphatic heterocycles. The molecule has 0 aliphatic carbocycles. The predicted octanol–water partition coefficient (Wildman–Crippen LogP) is -2.53. The summed E-state index contributed by atoms with van der Waals surface area (Å²) in [5.41, 5.74) is 3.43. The van der Waals surface area contributed by atoms with Crippen molar-refractivity contribution in [3.8, 4) is 0 Å². The number of aliphatic hydroxyl groups excluding tert-OH is 2. The van der Waals surface area contributed by atoms with Gasteiger partial charge in [-0.15, -0.1) is 0 Å². The molecule has 21 heteroatoms. The standard InChI is InChI=1S/C12H20N3O15P3/c13-3-1-2-6-4-15(12(19)14-10(6)18)11-9(17)8(16)7(28-11)5-27-32(23,24)30-33(25,26)29-31(20,21)22/h1-2,4,7-9,11,16-17H,3,5,13H2,(H,23,24)(H,25,26)(H,14,18,19)(H2,20,21,22)/b2-1+/t7-,8+,9+,11-/m1/s1. The number of nitrogens with one attached hydrogen (secondary N) is 1. The highest BCUT2D eigenvalue weighted by atomic mass is 31.3. The van der Waals surface area contributed by atoms with Crippen molar-refractivity contribution < 1.29 is 61.4 Å². The monoisotopic (exact) mass is 539 g/mol. The summed E-state index contributed by atoms with van der Waals surface area (Å²) in [7, 11) is -16.9. The molecule has 1 fully saturated rings. The lowest BCUT2D eigenvalue weighted by atomic mass is 10.1. The molecule has 0 amide bonds. The minimum atomic E-state index is -5.76. The third-order valence-corrected chi connectivity index (χ3v) is 7.66. The van der Waals surface area contributed by atoms with E-state index >= 15 is 0 Å². The summed E-state index contributed by atoms with van der Waals surface area (Å²) in [5.74, 6) is 0. The molecule has 2 heterocycles. The molecule has 1 aromatic rings. The van der Waals surface area contributed by atoms with Crippen LogP contribution in [-0.2, 0) is 31.6 Å². The Kier molecular flexibility index (Phi) is 8.89. The number of aliphatic hydroxyl groups is 2. The largest absolute Gasteiger partial charge is 0.490 e. The summed E-state index contributed by atoms with van der Waals surface area (Å²) in [6.45, 7) is -1.00. The van der Waals surface area contributed by atoms with Crippen LogP contribution in [0.4, 0.5) is 0 Å². The minimum absolute atomic E-state index is 0.0537. The van der Waals surface area contributed by atoms with Crippen LogP contribution in [0, 0.1) is 0 Å². The van der Waals surface area contributed by atoms with E-state index in [9.17, 15) is 38.4 Å². The number of nitrogens with two attached hydrogens (primary N) is 1. The maximum atomic E-state index is 12.1. The summed E-state index contributed by atoms with van der Waals surface area (Å²) in [6, 6.07) is 0. The van der Waals surface area contributed by atoms with Crippen LogP contribution in [0.3, 0.4) is 0 Å². The summed E-state index contributed by atoms with van der Waals surface area (Å²) in [6.07, 6.45) is -3.19. The van der Waals surface area contributed by atoms with Crippen LogP contribution >= 0.6 is 23.5 Å². The van der Waals surface area contributed by atoms with E-state index in [-0.39, 0.29) is 12.1 Å². The molecule has 0 bridgehead atoms. The van der Waals surface area contributed by atoms with Gasteiger partial charge in [-0.2, -0.15) is 8.62 Å². The molecule has 0 aromatic carbocycles. The zero-order valence-electron chi connectivity index (χ0n) is 16.2. The van der Waals surface area contributed by atoms with Crippen LogP contribution < -0.4 is 17.0 Å². The Morgan fingerprint density at radius 1 is 1.09 bits per heavy atom. The maximum absolute atomic E-state index is 12.1. The van der Waals surface area contributed by atoms with Crippen molar-refractivity contribution in [3.05, 3.63) is 38.7 Å². The van der Waals surface area contributed by atoms with E-state index in [4.69, 9.17) is 25.2 Å². The Morgan fingerprint density at radius 3 is 2.30 bits per heavy atom. The number of rotatable bonds is 10. The lowest BCUT2D eigenvalue weighted by Crippen LogP contribution is -2.38. The lowest BCUT2D eigenvalue weighted by Gasteiger charge is -2.19. The first kappa shape index (κ1) is 27.9. The van der Waals surface area contributed by atoms with Crippen molar-refractivity contribution in [1.29, 1.82) is 0 Å². The predicted molar refractivity (Wildman–Crippen MR) is 105 cm³/mol. The third kappa shape index (κ3) is 7.85. The van der Waals surface area contributed by atoms with Gasteiger partial charge in [-0.25, -0.2) is 18.5 Å². The van der Waals surface area contributed by atoms with Gasteiger partial charge in [0.05, 0.1) is 12.2 Å². The van der Waals surface area contributed by atoms with Gasteiger partial charge in [-0.1, -0.05) is 12.2 Å². The molecule has 2 rings (SSSR count). The van der Waals surface area contributed by atoms with Crippen LogP contribution in [-0.4, -0.2) is 70.8 Å². The number of H-pyrrole nitrogens is 1. The van der Waals surface area contributed by atoms with Gasteiger partial charge >= 0.3 is 29.2 Å². The van der Waals surface area contributed by atoms with Gasteiger partial charge in [0.15, 0.2) is 6.23 Å². The number of hydrogen-bond donors (Lipinski definition) is 8. The summed E-state index contributed by atoms with van der Waals surface area (Å²) in [5, 5.41) is 20.3. The van der Waals surface area contributed by atoms with Crippen molar-refractivity contribution in [3.63, 3.8) is 0 Å². The molecule has 2 unspecified atom stereocenters. The van der Waals surface area contributed by atoms with Gasteiger partial charge in [0, 0.05) is 12.7 Å². The molecular weight excluding hydrogens is 519 g/mol. The normalized spacial score (nSPS) is 27.5. The second-order valence-corrected chi connectivity index (χ2v) is 10.7. The highest BCUT2D eigenvalue weighted by Gasteiger charge is 2.46. The van der Waals surface area contributed by atoms with E-state index in [1.807, 2.05) is 4.98 Å². The molecule has 0 spiro atoms. The smallest absolute Gasteiger partial charge is 0.387 e. The van der Waals surface area contributed by atoms with E-state index < -0.39 is 65.9 Å². The van der Waals surface area contributed by atoms with Gasteiger partial charge in [0.25, 0.3) is 5.56 Å².